The van der Waals surface area contributed by atoms with Crippen LogP contribution in [0.25, 0.3) is 0 Å². The topological polar surface area (TPSA) is 28.2 Å². The molecule has 0 radical (unpaired) electrons. The maximum absolute atomic E-state index is 4.61. The van der Waals surface area contributed by atoms with Crippen LogP contribution in [-0.2, 0) is 6.54 Å². The molecule has 1 saturated heterocycles. The molecule has 0 amide bonds. The molecule has 1 aromatic heterocycles. The Morgan fingerprint density at radius 1 is 1.32 bits per heavy atom. The molecule has 0 spiro atoms. The Bertz CT molecular complexity index is 391. The van der Waals surface area contributed by atoms with E-state index in [2.05, 4.69) is 42.0 Å². The van der Waals surface area contributed by atoms with Crippen LogP contribution in [0.2, 0.25) is 0 Å². The zero-order valence-corrected chi connectivity index (χ0v) is 12.6. The van der Waals surface area contributed by atoms with Crippen molar-refractivity contribution in [2.24, 2.45) is 5.41 Å². The van der Waals surface area contributed by atoms with E-state index in [0.29, 0.717) is 5.41 Å². The van der Waals surface area contributed by atoms with Gasteiger partial charge in [0.05, 0.1) is 0 Å². The van der Waals surface area contributed by atoms with Crippen molar-refractivity contribution in [3.8, 4) is 0 Å². The average Bonchev–Trinajstić information content (AvgIpc) is 2.40. The molecule has 0 aromatic carbocycles. The van der Waals surface area contributed by atoms with Gasteiger partial charge in [0.2, 0.25) is 0 Å². The number of aromatic nitrogens is 1. The Morgan fingerprint density at radius 3 is 2.74 bits per heavy atom. The number of anilines is 1. The van der Waals surface area contributed by atoms with Crippen LogP contribution in [0, 0.1) is 5.41 Å². The van der Waals surface area contributed by atoms with E-state index in [1.165, 1.54) is 30.6 Å². The first-order chi connectivity index (χ1) is 9.12. The molecule has 2 rings (SSSR count). The van der Waals surface area contributed by atoms with E-state index >= 15 is 0 Å². The van der Waals surface area contributed by atoms with Crippen LogP contribution in [0.1, 0.15) is 45.6 Å². The smallest absolute Gasteiger partial charge is 0.133 e. The lowest BCUT2D eigenvalue weighted by atomic mass is 9.82. The lowest BCUT2D eigenvalue weighted by Gasteiger charge is -2.38. The molecule has 0 aliphatic carbocycles. The van der Waals surface area contributed by atoms with Crippen molar-refractivity contribution in [2.75, 3.05) is 24.5 Å². The third-order valence-electron chi connectivity index (χ3n) is 4.03. The lowest BCUT2D eigenvalue weighted by molar-refractivity contribution is 0.279. The third kappa shape index (κ3) is 3.93. The van der Waals surface area contributed by atoms with E-state index in [-0.39, 0.29) is 0 Å². The predicted octanol–water partition coefficient (Wildman–Crippen LogP) is 3.21. The molecule has 1 N–H and O–H groups in total. The molecule has 1 aliphatic heterocycles. The van der Waals surface area contributed by atoms with E-state index in [1.807, 2.05) is 12.3 Å². The van der Waals surface area contributed by atoms with Gasteiger partial charge in [-0.3, -0.25) is 0 Å². The van der Waals surface area contributed by atoms with Crippen molar-refractivity contribution >= 4 is 5.82 Å². The highest BCUT2D eigenvalue weighted by molar-refractivity contribution is 5.47. The fraction of sp³-hybridized carbons (Fsp3) is 0.688. The number of hydrogen-bond donors (Lipinski definition) is 1. The van der Waals surface area contributed by atoms with E-state index in [0.717, 1.165) is 26.2 Å². The Morgan fingerprint density at radius 2 is 2.05 bits per heavy atom. The number of nitrogens with zero attached hydrogens (tertiary/aromatic N) is 2. The normalized spacial score (nSPS) is 18.6. The van der Waals surface area contributed by atoms with Gasteiger partial charge in [-0.25, -0.2) is 4.98 Å². The summed E-state index contributed by atoms with van der Waals surface area (Å²) < 4.78 is 0. The summed E-state index contributed by atoms with van der Waals surface area (Å²) in [5.74, 6) is 1.18. The monoisotopic (exact) mass is 261 g/mol. The number of pyridine rings is 1. The van der Waals surface area contributed by atoms with Crippen molar-refractivity contribution < 1.29 is 0 Å². The quantitative estimate of drug-likeness (QED) is 0.825. The second kappa shape index (κ2) is 6.38. The maximum atomic E-state index is 4.61. The summed E-state index contributed by atoms with van der Waals surface area (Å²) in [6.07, 6.45) is 5.60. The first kappa shape index (κ1) is 14.3. The van der Waals surface area contributed by atoms with Crippen molar-refractivity contribution in [2.45, 2.75) is 46.6 Å². The summed E-state index contributed by atoms with van der Waals surface area (Å²) in [5, 5.41) is 3.48. The van der Waals surface area contributed by atoms with Gasteiger partial charge in [0.1, 0.15) is 5.82 Å². The maximum Gasteiger partial charge on any atom is 0.133 e. The Hall–Kier alpha value is -1.09. The molecule has 0 atom stereocenters. The summed E-state index contributed by atoms with van der Waals surface area (Å²) >= 11 is 0. The van der Waals surface area contributed by atoms with Crippen LogP contribution in [0.3, 0.4) is 0 Å². The molecule has 3 heteroatoms. The number of hydrogen-bond acceptors (Lipinski definition) is 3. The van der Waals surface area contributed by atoms with Crippen molar-refractivity contribution in [3.63, 3.8) is 0 Å². The van der Waals surface area contributed by atoms with E-state index in [1.54, 1.807) is 0 Å². The molecule has 2 heterocycles. The SMILES string of the molecule is CCCNCc1cccnc1N1CCC(C)(C)CC1. The Labute approximate surface area is 117 Å². The first-order valence-corrected chi connectivity index (χ1v) is 7.52. The molecule has 1 aromatic rings. The molecule has 3 nitrogen and oxygen atoms in total. The van der Waals surface area contributed by atoms with Gasteiger partial charge in [-0.1, -0.05) is 26.8 Å². The Kier molecular flexibility index (Phi) is 4.81. The minimum absolute atomic E-state index is 0.492. The number of piperidine rings is 1. The standard InChI is InChI=1S/C16H27N3/c1-4-9-17-13-14-6-5-10-18-15(14)19-11-7-16(2,3)8-12-19/h5-6,10,17H,4,7-9,11-13H2,1-3H3. The molecular formula is C16H27N3. The zero-order chi connectivity index (χ0) is 13.7. The second-order valence-corrected chi connectivity index (χ2v) is 6.31. The van der Waals surface area contributed by atoms with Gasteiger partial charge in [0.15, 0.2) is 0 Å². The minimum atomic E-state index is 0.492. The van der Waals surface area contributed by atoms with Gasteiger partial charge in [-0.2, -0.15) is 0 Å². The third-order valence-corrected chi connectivity index (χ3v) is 4.03. The second-order valence-electron chi connectivity index (χ2n) is 6.31. The zero-order valence-electron chi connectivity index (χ0n) is 12.6. The van der Waals surface area contributed by atoms with Crippen LogP contribution in [0.4, 0.5) is 5.82 Å². The van der Waals surface area contributed by atoms with E-state index in [9.17, 15) is 0 Å². The summed E-state index contributed by atoms with van der Waals surface area (Å²) in [5.41, 5.74) is 1.82. The van der Waals surface area contributed by atoms with Crippen LogP contribution in [0.5, 0.6) is 0 Å². The summed E-state index contributed by atoms with van der Waals surface area (Å²) in [6, 6.07) is 4.24. The van der Waals surface area contributed by atoms with Gasteiger partial charge < -0.3 is 10.2 Å². The highest BCUT2D eigenvalue weighted by atomic mass is 15.2. The van der Waals surface area contributed by atoms with Crippen molar-refractivity contribution in [1.29, 1.82) is 0 Å². The van der Waals surface area contributed by atoms with E-state index in [4.69, 9.17) is 0 Å². The van der Waals surface area contributed by atoms with Gasteiger partial charge in [-0.15, -0.1) is 0 Å². The number of nitrogens with one attached hydrogen (secondary N) is 1. The van der Waals surface area contributed by atoms with Crippen LogP contribution < -0.4 is 10.2 Å². The van der Waals surface area contributed by atoms with E-state index < -0.39 is 0 Å². The van der Waals surface area contributed by atoms with Gasteiger partial charge in [0, 0.05) is 31.4 Å². The molecule has 0 unspecified atom stereocenters. The molecule has 19 heavy (non-hydrogen) atoms. The average molecular weight is 261 g/mol. The highest BCUT2D eigenvalue weighted by Crippen LogP contribution is 2.32. The lowest BCUT2D eigenvalue weighted by Crippen LogP contribution is -2.38. The molecule has 0 bridgehead atoms. The fourth-order valence-electron chi connectivity index (χ4n) is 2.58. The minimum Gasteiger partial charge on any atom is -0.356 e. The van der Waals surface area contributed by atoms with Crippen LogP contribution in [-0.4, -0.2) is 24.6 Å². The summed E-state index contributed by atoms with van der Waals surface area (Å²) in [7, 11) is 0. The van der Waals surface area contributed by atoms with Gasteiger partial charge in [0.25, 0.3) is 0 Å². The summed E-state index contributed by atoms with van der Waals surface area (Å²) in [4.78, 5) is 7.07. The molecule has 1 aliphatic rings. The molecule has 1 fully saturated rings. The Balaban J connectivity index is 2.03. The van der Waals surface area contributed by atoms with Crippen molar-refractivity contribution in [3.05, 3.63) is 23.9 Å². The van der Waals surface area contributed by atoms with Gasteiger partial charge >= 0.3 is 0 Å². The number of rotatable bonds is 5. The predicted molar refractivity (Wildman–Crippen MR) is 81.5 cm³/mol. The van der Waals surface area contributed by atoms with Gasteiger partial charge in [-0.05, 0) is 37.3 Å². The molecule has 106 valence electrons. The molecular weight excluding hydrogens is 234 g/mol. The van der Waals surface area contributed by atoms with Crippen LogP contribution >= 0.6 is 0 Å². The van der Waals surface area contributed by atoms with Crippen LogP contribution in [0.15, 0.2) is 18.3 Å². The largest absolute Gasteiger partial charge is 0.356 e. The first-order valence-electron chi connectivity index (χ1n) is 7.52. The van der Waals surface area contributed by atoms with Crippen molar-refractivity contribution in [1.82, 2.24) is 10.3 Å². The fourth-order valence-corrected chi connectivity index (χ4v) is 2.58. The molecule has 0 saturated carbocycles. The highest BCUT2D eigenvalue weighted by Gasteiger charge is 2.26. The summed E-state index contributed by atoms with van der Waals surface area (Å²) in [6.45, 7) is 11.2.